The van der Waals surface area contributed by atoms with Crippen molar-refractivity contribution in [2.24, 2.45) is 0 Å². The number of carbonyl (C=O) groups is 1. The van der Waals surface area contributed by atoms with Crippen LogP contribution in [0.25, 0.3) is 0 Å². The van der Waals surface area contributed by atoms with Gasteiger partial charge in [0.1, 0.15) is 0 Å². The summed E-state index contributed by atoms with van der Waals surface area (Å²) in [6.07, 6.45) is 4.40. The lowest BCUT2D eigenvalue weighted by Gasteiger charge is -2.33. The van der Waals surface area contributed by atoms with Gasteiger partial charge < -0.3 is 14.4 Å². The zero-order valence-corrected chi connectivity index (χ0v) is 12.6. The molecule has 0 spiro atoms. The van der Waals surface area contributed by atoms with Crippen LogP contribution in [0.4, 0.5) is 0 Å². The molecule has 1 aromatic rings. The molecule has 114 valence electrons. The summed E-state index contributed by atoms with van der Waals surface area (Å²) in [5.41, 5.74) is 3.58. The van der Waals surface area contributed by atoms with Gasteiger partial charge in [-0.05, 0) is 48.9 Å². The number of hydrogen-bond donors (Lipinski definition) is 0. The average molecular weight is 289 g/mol. The predicted molar refractivity (Wildman–Crippen MR) is 80.6 cm³/mol. The lowest BCUT2D eigenvalue weighted by molar-refractivity contribution is -0.0332. The van der Waals surface area contributed by atoms with Crippen molar-refractivity contribution >= 4 is 5.91 Å². The molecule has 0 N–H and O–H groups in total. The van der Waals surface area contributed by atoms with Gasteiger partial charge in [0, 0.05) is 32.4 Å². The summed E-state index contributed by atoms with van der Waals surface area (Å²) in [7, 11) is 1.69. The van der Waals surface area contributed by atoms with Gasteiger partial charge in [0.15, 0.2) is 0 Å². The van der Waals surface area contributed by atoms with Crippen LogP contribution >= 0.6 is 0 Å². The fourth-order valence-corrected chi connectivity index (χ4v) is 3.22. The van der Waals surface area contributed by atoms with Gasteiger partial charge in [0.2, 0.25) is 0 Å². The molecule has 1 saturated heterocycles. The third kappa shape index (κ3) is 3.27. The second-order valence-corrected chi connectivity index (χ2v) is 5.86. The van der Waals surface area contributed by atoms with Crippen LogP contribution in [0.15, 0.2) is 18.2 Å². The van der Waals surface area contributed by atoms with Crippen LogP contribution in [-0.2, 0) is 22.3 Å². The van der Waals surface area contributed by atoms with E-state index in [0.29, 0.717) is 26.3 Å². The second kappa shape index (κ2) is 6.58. The number of rotatable bonds is 4. The minimum Gasteiger partial charge on any atom is -0.385 e. The number of amides is 1. The van der Waals surface area contributed by atoms with Crippen molar-refractivity contribution in [3.8, 4) is 0 Å². The van der Waals surface area contributed by atoms with Crippen molar-refractivity contribution in [1.82, 2.24) is 4.90 Å². The first-order valence-corrected chi connectivity index (χ1v) is 7.79. The maximum absolute atomic E-state index is 12.7. The van der Waals surface area contributed by atoms with E-state index in [4.69, 9.17) is 9.47 Å². The highest BCUT2D eigenvalue weighted by atomic mass is 16.5. The van der Waals surface area contributed by atoms with Gasteiger partial charge in [-0.15, -0.1) is 0 Å². The third-order valence-corrected chi connectivity index (χ3v) is 4.42. The number of ether oxygens (including phenoxy) is 2. The quantitative estimate of drug-likeness (QED) is 0.851. The Morgan fingerprint density at radius 1 is 1.38 bits per heavy atom. The number of benzene rings is 1. The molecular weight excluding hydrogens is 266 g/mol. The lowest BCUT2D eigenvalue weighted by atomic mass is 10.0. The van der Waals surface area contributed by atoms with Gasteiger partial charge >= 0.3 is 0 Å². The topological polar surface area (TPSA) is 38.8 Å². The van der Waals surface area contributed by atoms with Crippen LogP contribution in [0, 0.1) is 0 Å². The van der Waals surface area contributed by atoms with Crippen molar-refractivity contribution in [2.75, 3.05) is 33.4 Å². The number of aryl methyl sites for hydroxylation is 2. The average Bonchev–Trinajstić information content (AvgIpc) is 3.00. The molecule has 0 saturated carbocycles. The molecule has 4 heteroatoms. The molecule has 1 aromatic carbocycles. The van der Waals surface area contributed by atoms with Gasteiger partial charge in [-0.1, -0.05) is 6.07 Å². The summed E-state index contributed by atoms with van der Waals surface area (Å²) in [6.45, 7) is 2.63. The summed E-state index contributed by atoms with van der Waals surface area (Å²) >= 11 is 0. The largest absolute Gasteiger partial charge is 0.385 e. The van der Waals surface area contributed by atoms with Crippen molar-refractivity contribution in [3.63, 3.8) is 0 Å². The van der Waals surface area contributed by atoms with E-state index >= 15 is 0 Å². The van der Waals surface area contributed by atoms with Crippen LogP contribution in [-0.4, -0.2) is 50.3 Å². The molecule has 1 unspecified atom stereocenters. The first-order chi connectivity index (χ1) is 10.3. The van der Waals surface area contributed by atoms with Crippen LogP contribution in [0.2, 0.25) is 0 Å². The van der Waals surface area contributed by atoms with Gasteiger partial charge in [-0.25, -0.2) is 0 Å². The smallest absolute Gasteiger partial charge is 0.254 e. The number of carbonyl (C=O) groups excluding carboxylic acids is 1. The summed E-state index contributed by atoms with van der Waals surface area (Å²) in [5.74, 6) is 0.135. The highest BCUT2D eigenvalue weighted by Gasteiger charge is 2.25. The fraction of sp³-hybridized carbons (Fsp3) is 0.588. The van der Waals surface area contributed by atoms with E-state index in [-0.39, 0.29) is 12.0 Å². The molecule has 2 aliphatic rings. The van der Waals surface area contributed by atoms with Crippen molar-refractivity contribution in [2.45, 2.75) is 31.8 Å². The van der Waals surface area contributed by atoms with E-state index in [9.17, 15) is 4.79 Å². The molecule has 0 radical (unpaired) electrons. The van der Waals surface area contributed by atoms with Gasteiger partial charge in [0.05, 0.1) is 12.7 Å². The number of nitrogens with zero attached hydrogens (tertiary/aromatic N) is 1. The SMILES string of the molecule is COCCC1CN(C(=O)c2ccc3c(c2)CCC3)CCO1. The highest BCUT2D eigenvalue weighted by molar-refractivity contribution is 5.94. The monoisotopic (exact) mass is 289 g/mol. The Balaban J connectivity index is 1.67. The Kier molecular flexibility index (Phi) is 4.56. The molecule has 1 fully saturated rings. The maximum Gasteiger partial charge on any atom is 0.254 e. The van der Waals surface area contributed by atoms with Crippen molar-refractivity contribution < 1.29 is 14.3 Å². The van der Waals surface area contributed by atoms with Crippen molar-refractivity contribution in [1.29, 1.82) is 0 Å². The highest BCUT2D eigenvalue weighted by Crippen LogP contribution is 2.24. The summed E-state index contributed by atoms with van der Waals surface area (Å²) < 4.78 is 10.8. The summed E-state index contributed by atoms with van der Waals surface area (Å²) in [6, 6.07) is 6.19. The zero-order valence-electron chi connectivity index (χ0n) is 12.6. The molecule has 1 atom stereocenters. The maximum atomic E-state index is 12.7. The number of morpholine rings is 1. The fourth-order valence-electron chi connectivity index (χ4n) is 3.22. The first kappa shape index (κ1) is 14.5. The molecule has 0 bridgehead atoms. The first-order valence-electron chi connectivity index (χ1n) is 7.79. The van der Waals surface area contributed by atoms with E-state index in [1.807, 2.05) is 11.0 Å². The Morgan fingerprint density at radius 3 is 3.10 bits per heavy atom. The van der Waals surface area contributed by atoms with Crippen LogP contribution in [0.1, 0.15) is 34.3 Å². The van der Waals surface area contributed by atoms with E-state index in [0.717, 1.165) is 24.8 Å². The molecule has 0 aromatic heterocycles. The van der Waals surface area contributed by atoms with Crippen LogP contribution in [0.3, 0.4) is 0 Å². The van der Waals surface area contributed by atoms with Gasteiger partial charge in [0.25, 0.3) is 5.91 Å². The third-order valence-electron chi connectivity index (χ3n) is 4.42. The molecular formula is C17H23NO3. The standard InChI is InChI=1S/C17H23NO3/c1-20-9-7-16-12-18(8-10-21-16)17(19)15-6-5-13-3-2-4-14(13)11-15/h5-6,11,16H,2-4,7-10,12H2,1H3. The minimum absolute atomic E-state index is 0.0945. The number of hydrogen-bond acceptors (Lipinski definition) is 3. The molecule has 1 aliphatic heterocycles. The molecule has 1 aliphatic carbocycles. The molecule has 21 heavy (non-hydrogen) atoms. The van der Waals surface area contributed by atoms with E-state index in [2.05, 4.69) is 12.1 Å². The molecule has 4 nitrogen and oxygen atoms in total. The Morgan fingerprint density at radius 2 is 2.24 bits per heavy atom. The molecule has 1 amide bonds. The Bertz CT molecular complexity index is 515. The second-order valence-electron chi connectivity index (χ2n) is 5.86. The molecule has 1 heterocycles. The normalized spacial score (nSPS) is 21.4. The number of fused-ring (bicyclic) bond motifs is 1. The lowest BCUT2D eigenvalue weighted by Crippen LogP contribution is -2.46. The van der Waals surface area contributed by atoms with Crippen LogP contribution < -0.4 is 0 Å². The predicted octanol–water partition coefficient (Wildman–Crippen LogP) is 2.05. The summed E-state index contributed by atoms with van der Waals surface area (Å²) in [5, 5.41) is 0. The van der Waals surface area contributed by atoms with Crippen molar-refractivity contribution in [3.05, 3.63) is 34.9 Å². The van der Waals surface area contributed by atoms with E-state index < -0.39 is 0 Å². The Hall–Kier alpha value is -1.39. The van der Waals surface area contributed by atoms with Gasteiger partial charge in [-0.3, -0.25) is 4.79 Å². The van der Waals surface area contributed by atoms with E-state index in [1.165, 1.54) is 17.5 Å². The number of methoxy groups -OCH3 is 1. The Labute approximate surface area is 126 Å². The zero-order chi connectivity index (χ0) is 14.7. The van der Waals surface area contributed by atoms with Gasteiger partial charge in [-0.2, -0.15) is 0 Å². The molecule has 3 rings (SSSR count). The van der Waals surface area contributed by atoms with E-state index in [1.54, 1.807) is 7.11 Å². The summed E-state index contributed by atoms with van der Waals surface area (Å²) in [4.78, 5) is 14.6. The minimum atomic E-state index is 0.0945. The van der Waals surface area contributed by atoms with Crippen LogP contribution in [0.5, 0.6) is 0 Å².